The monoisotopic (exact) mass is 565 g/mol. The number of nitrogens with zero attached hydrogens (tertiary/aromatic N) is 2. The Morgan fingerprint density at radius 2 is 1.92 bits per heavy atom. The molecule has 1 aromatic heterocycles. The van der Waals surface area contributed by atoms with Gasteiger partial charge >= 0.3 is 6.18 Å². The van der Waals surface area contributed by atoms with Gasteiger partial charge in [-0.15, -0.1) is 0 Å². The fourth-order valence-corrected chi connectivity index (χ4v) is 5.19. The van der Waals surface area contributed by atoms with E-state index in [1.807, 2.05) is 6.92 Å². The summed E-state index contributed by atoms with van der Waals surface area (Å²) in [5.41, 5.74) is -0.626. The molecule has 0 saturated heterocycles. The highest BCUT2D eigenvalue weighted by Gasteiger charge is 2.35. The highest BCUT2D eigenvalue weighted by molar-refractivity contribution is 7.77. The molecular formula is C25H33BF3N6O3S-. The molecule has 1 aromatic carbocycles. The number of hydrogen-bond acceptors (Lipinski definition) is 7. The van der Waals surface area contributed by atoms with Crippen LogP contribution in [0.15, 0.2) is 30.5 Å². The molecule has 4 N–H and O–H groups in total. The minimum atomic E-state index is -4.66. The van der Waals surface area contributed by atoms with Crippen LogP contribution in [0.1, 0.15) is 76.0 Å². The molecule has 39 heavy (non-hydrogen) atoms. The molecule has 4 atom stereocenters. The third-order valence-electron chi connectivity index (χ3n) is 6.76. The van der Waals surface area contributed by atoms with Crippen molar-refractivity contribution in [3.05, 3.63) is 41.6 Å². The van der Waals surface area contributed by atoms with Crippen LogP contribution in [0, 0.1) is 5.92 Å². The molecule has 0 aliphatic heterocycles. The summed E-state index contributed by atoms with van der Waals surface area (Å²) in [4.78, 5) is 19.2. The van der Waals surface area contributed by atoms with Gasteiger partial charge < -0.3 is 20.5 Å². The van der Waals surface area contributed by atoms with Crippen molar-refractivity contribution in [2.24, 2.45) is 5.92 Å². The molecule has 1 heterocycles. The van der Waals surface area contributed by atoms with E-state index in [0.717, 1.165) is 37.4 Å². The summed E-state index contributed by atoms with van der Waals surface area (Å²) < 4.78 is 65.9. The Balaban J connectivity index is 1.72. The van der Waals surface area contributed by atoms with E-state index in [-0.39, 0.29) is 36.2 Å². The minimum absolute atomic E-state index is 0.00859. The molecule has 212 valence electrons. The molecule has 1 fully saturated rings. The van der Waals surface area contributed by atoms with Gasteiger partial charge in [0.2, 0.25) is 11.9 Å². The number of halogens is 3. The molecule has 0 spiro atoms. The second-order valence-electron chi connectivity index (χ2n) is 10.0. The van der Waals surface area contributed by atoms with E-state index < -0.39 is 28.4 Å². The first-order valence-electron chi connectivity index (χ1n) is 12.8. The number of anilines is 3. The molecule has 2 aromatic rings. The second kappa shape index (κ2) is 13.6. The summed E-state index contributed by atoms with van der Waals surface area (Å²) in [5.74, 6) is -0.534. The number of nitrogens with one attached hydrogen (secondary N) is 4. The third kappa shape index (κ3) is 9.77. The Hall–Kier alpha value is -2.71. The Bertz CT molecular complexity index is 1140. The van der Waals surface area contributed by atoms with Crippen LogP contribution in [0.5, 0.6) is 0 Å². The van der Waals surface area contributed by atoms with Crippen molar-refractivity contribution in [2.45, 2.75) is 76.4 Å². The van der Waals surface area contributed by atoms with Crippen LogP contribution in [-0.4, -0.2) is 44.5 Å². The molecular weight excluding hydrogens is 532 g/mol. The lowest BCUT2D eigenvalue weighted by Gasteiger charge is -2.33. The van der Waals surface area contributed by atoms with Crippen LogP contribution < -0.4 is 20.7 Å². The van der Waals surface area contributed by atoms with Gasteiger partial charge in [0, 0.05) is 36.6 Å². The van der Waals surface area contributed by atoms with Crippen molar-refractivity contribution in [3.63, 3.8) is 0 Å². The number of hydrogen-bond donors (Lipinski definition) is 4. The number of aromatic nitrogens is 2. The van der Waals surface area contributed by atoms with Crippen LogP contribution in [0.4, 0.5) is 30.6 Å². The van der Waals surface area contributed by atoms with Gasteiger partial charge in [0.15, 0.2) is 0 Å². The van der Waals surface area contributed by atoms with Gasteiger partial charge in [-0.3, -0.25) is 13.7 Å². The minimum Gasteiger partial charge on any atom is -0.760 e. The number of carbonyl (C=O) groups excluding carboxylic acids is 1. The molecule has 3 unspecified atom stereocenters. The Morgan fingerprint density at radius 1 is 1.21 bits per heavy atom. The fraction of sp³-hybridized carbons (Fsp3) is 0.560. The smallest absolute Gasteiger partial charge is 0.421 e. The van der Waals surface area contributed by atoms with Gasteiger partial charge in [-0.2, -0.15) is 18.2 Å². The summed E-state index contributed by atoms with van der Waals surface area (Å²) >= 11 is -2.51. The lowest BCUT2D eigenvalue weighted by Crippen LogP contribution is -2.47. The van der Waals surface area contributed by atoms with Crippen LogP contribution in [0.2, 0.25) is 0 Å². The van der Waals surface area contributed by atoms with Gasteiger partial charge in [0.05, 0.1) is 13.9 Å². The molecule has 9 nitrogen and oxygen atoms in total. The Kier molecular flexibility index (Phi) is 10.7. The lowest BCUT2D eigenvalue weighted by atomic mass is 9.71. The topological polar surface area (TPSA) is 131 Å². The van der Waals surface area contributed by atoms with E-state index in [9.17, 15) is 26.7 Å². The van der Waals surface area contributed by atoms with Gasteiger partial charge in [0.25, 0.3) is 0 Å². The van der Waals surface area contributed by atoms with Crippen molar-refractivity contribution in [1.29, 1.82) is 0 Å². The van der Waals surface area contributed by atoms with Crippen LogP contribution in [-0.2, 0) is 22.2 Å². The van der Waals surface area contributed by atoms with Crippen molar-refractivity contribution < 1.29 is 26.7 Å². The number of alkyl halides is 3. The van der Waals surface area contributed by atoms with E-state index in [1.54, 1.807) is 24.3 Å². The first-order valence-corrected chi connectivity index (χ1v) is 13.9. The fourth-order valence-electron chi connectivity index (χ4n) is 4.65. The molecule has 2 radical (unpaired) electrons. The normalized spacial score (nSPS) is 22.1. The summed E-state index contributed by atoms with van der Waals surface area (Å²) in [6.45, 7) is 3.48. The van der Waals surface area contributed by atoms with Crippen LogP contribution in [0.25, 0.3) is 0 Å². The average Bonchev–Trinajstić information content (AvgIpc) is 2.92. The average molecular weight is 565 g/mol. The maximum Gasteiger partial charge on any atom is 0.421 e. The standard InChI is InChI=1S/C25H34BF3N6O3S/c1-16(32-17(2)36)19-7-9-20(10-8-19)33-23-31-15-21(25(27,28)29)22(34-23)30-14-18-6-4-3-5-12-24(26,13-11-18)35-39(37)38/h7-10,15-16,18,35H,3-6,11-14H2,1-2H3,(H,32,36)(H,37,38)(H2,30,31,33,34)/p-1/t16-,18?,24?/m1/s1. The SMILES string of the molecule is [B]C1(NS(=O)[O-])CCCCCC(CNc2nc(Nc3ccc([C@@H](C)NC(C)=O)cc3)ncc2C(F)(F)F)CC1. The highest BCUT2D eigenvalue weighted by atomic mass is 32.2. The van der Waals surface area contributed by atoms with Gasteiger partial charge in [-0.1, -0.05) is 31.4 Å². The van der Waals surface area contributed by atoms with Crippen LogP contribution >= 0.6 is 0 Å². The predicted molar refractivity (Wildman–Crippen MR) is 144 cm³/mol. The molecule has 1 amide bonds. The number of carbonyl (C=O) groups is 1. The van der Waals surface area contributed by atoms with Crippen molar-refractivity contribution >= 4 is 42.5 Å². The van der Waals surface area contributed by atoms with Crippen molar-refractivity contribution in [3.8, 4) is 0 Å². The molecule has 1 aliphatic rings. The molecule has 1 saturated carbocycles. The Labute approximate surface area is 230 Å². The number of benzene rings is 1. The highest BCUT2D eigenvalue weighted by Crippen LogP contribution is 2.35. The van der Waals surface area contributed by atoms with Crippen molar-refractivity contribution in [1.82, 2.24) is 20.0 Å². The molecule has 1 aliphatic carbocycles. The lowest BCUT2D eigenvalue weighted by molar-refractivity contribution is -0.137. The first kappa shape index (κ1) is 30.8. The predicted octanol–water partition coefficient (Wildman–Crippen LogP) is 4.46. The van der Waals surface area contributed by atoms with E-state index in [0.29, 0.717) is 24.9 Å². The van der Waals surface area contributed by atoms with Crippen molar-refractivity contribution in [2.75, 3.05) is 17.2 Å². The first-order chi connectivity index (χ1) is 18.3. The van der Waals surface area contributed by atoms with E-state index >= 15 is 0 Å². The molecule has 14 heteroatoms. The Morgan fingerprint density at radius 3 is 2.56 bits per heavy atom. The number of rotatable bonds is 9. The zero-order chi connectivity index (χ0) is 28.6. The van der Waals surface area contributed by atoms with E-state index in [4.69, 9.17) is 7.85 Å². The molecule has 3 rings (SSSR count). The summed E-state index contributed by atoms with van der Waals surface area (Å²) in [6.07, 6.45) is 0.719. The third-order valence-corrected chi connectivity index (χ3v) is 7.33. The summed E-state index contributed by atoms with van der Waals surface area (Å²) in [5, 5.41) is 8.57. The summed E-state index contributed by atoms with van der Waals surface area (Å²) in [6, 6.07) is 6.83. The van der Waals surface area contributed by atoms with E-state index in [1.165, 1.54) is 6.92 Å². The molecule has 0 bridgehead atoms. The maximum atomic E-state index is 13.7. The zero-order valence-electron chi connectivity index (χ0n) is 21.9. The zero-order valence-corrected chi connectivity index (χ0v) is 22.8. The maximum absolute atomic E-state index is 13.7. The van der Waals surface area contributed by atoms with Gasteiger partial charge in [-0.05, 0) is 61.7 Å². The summed E-state index contributed by atoms with van der Waals surface area (Å²) in [7, 11) is 6.27. The van der Waals surface area contributed by atoms with Gasteiger partial charge in [-0.25, -0.2) is 4.98 Å². The van der Waals surface area contributed by atoms with E-state index in [2.05, 4.69) is 30.6 Å². The van der Waals surface area contributed by atoms with Crippen LogP contribution in [0.3, 0.4) is 0 Å². The second-order valence-corrected chi connectivity index (χ2v) is 10.7. The number of amides is 1. The van der Waals surface area contributed by atoms with Gasteiger partial charge in [0.1, 0.15) is 11.4 Å². The largest absolute Gasteiger partial charge is 0.760 e. The quantitative estimate of drug-likeness (QED) is 0.261.